The molecule has 0 amide bonds. The molecule has 4 heteroatoms. The summed E-state index contributed by atoms with van der Waals surface area (Å²) in [4.78, 5) is 4.44. The van der Waals surface area contributed by atoms with Crippen LogP contribution in [0.2, 0.25) is 0 Å². The number of pyridine rings is 1. The Morgan fingerprint density at radius 3 is 2.22 bits per heavy atom. The molecule has 0 radical (unpaired) electrons. The Labute approximate surface area is 161 Å². The van der Waals surface area contributed by atoms with Gasteiger partial charge < -0.3 is 11.2 Å². The number of aryl methyl sites for hydroxylation is 2. The highest BCUT2D eigenvalue weighted by molar-refractivity contribution is 5.91. The van der Waals surface area contributed by atoms with E-state index in [9.17, 15) is 0 Å². The summed E-state index contributed by atoms with van der Waals surface area (Å²) in [6.07, 6.45) is 4.80. The van der Waals surface area contributed by atoms with E-state index in [-0.39, 0.29) is 0 Å². The lowest BCUT2D eigenvalue weighted by molar-refractivity contribution is 0.974. The van der Waals surface area contributed by atoms with Gasteiger partial charge in [-0.05, 0) is 60.2 Å². The number of nitrogens with two attached hydrogens (primary N) is 2. The van der Waals surface area contributed by atoms with E-state index in [1.54, 1.807) is 6.20 Å². The zero-order chi connectivity index (χ0) is 19.4. The summed E-state index contributed by atoms with van der Waals surface area (Å²) in [6.45, 7) is 6.59. The molecule has 1 aromatic heterocycles. The standard InChI is InChI=1S/C23H28N4/c1-4-15-12-19(13-16(5-2)20(15)6-3)22(24)23(27-25)18-10-9-17-8-7-11-26-21(17)14-18/h7-14,27H,4-6,24-25H2,1-3H3/b23-22-. The molecule has 0 unspecified atom stereocenters. The molecule has 2 aromatic carbocycles. The van der Waals surface area contributed by atoms with Crippen LogP contribution in [0.3, 0.4) is 0 Å². The van der Waals surface area contributed by atoms with E-state index in [1.807, 2.05) is 30.3 Å². The average molecular weight is 361 g/mol. The van der Waals surface area contributed by atoms with E-state index < -0.39 is 0 Å². The maximum Gasteiger partial charge on any atom is 0.0796 e. The second kappa shape index (κ2) is 8.23. The van der Waals surface area contributed by atoms with Gasteiger partial charge in [0.1, 0.15) is 0 Å². The quantitative estimate of drug-likeness (QED) is 0.350. The second-order valence-electron chi connectivity index (χ2n) is 6.68. The van der Waals surface area contributed by atoms with Crippen LogP contribution in [0.1, 0.15) is 48.6 Å². The predicted octanol–water partition coefficient (Wildman–Crippen LogP) is 4.17. The molecule has 0 aliphatic heterocycles. The van der Waals surface area contributed by atoms with Gasteiger partial charge in [-0.3, -0.25) is 10.8 Å². The van der Waals surface area contributed by atoms with Gasteiger partial charge in [0.25, 0.3) is 0 Å². The van der Waals surface area contributed by atoms with E-state index >= 15 is 0 Å². The van der Waals surface area contributed by atoms with Crippen molar-refractivity contribution in [1.29, 1.82) is 0 Å². The molecule has 3 aromatic rings. The normalized spacial score (nSPS) is 12.1. The molecule has 3 rings (SSSR count). The third-order valence-corrected chi connectivity index (χ3v) is 5.17. The SMILES string of the molecule is CCc1cc(/C(N)=C(/NN)c2ccc3cccnc3c2)cc(CC)c1CC. The number of hydrogen-bond donors (Lipinski definition) is 3. The lowest BCUT2D eigenvalue weighted by Crippen LogP contribution is -2.23. The predicted molar refractivity (Wildman–Crippen MR) is 115 cm³/mol. The minimum Gasteiger partial charge on any atom is -0.397 e. The third kappa shape index (κ3) is 3.67. The van der Waals surface area contributed by atoms with Gasteiger partial charge >= 0.3 is 0 Å². The Bertz CT molecular complexity index is 964. The second-order valence-corrected chi connectivity index (χ2v) is 6.68. The van der Waals surface area contributed by atoms with Gasteiger partial charge in [-0.25, -0.2) is 0 Å². The van der Waals surface area contributed by atoms with Gasteiger partial charge in [-0.1, -0.05) is 39.0 Å². The Morgan fingerprint density at radius 2 is 1.63 bits per heavy atom. The lowest BCUT2D eigenvalue weighted by Gasteiger charge is -2.17. The number of fused-ring (bicyclic) bond motifs is 1. The first-order chi connectivity index (χ1) is 13.1. The maximum atomic E-state index is 6.58. The third-order valence-electron chi connectivity index (χ3n) is 5.17. The van der Waals surface area contributed by atoms with E-state index in [0.29, 0.717) is 5.70 Å². The number of rotatable bonds is 6. The Morgan fingerprint density at radius 1 is 0.926 bits per heavy atom. The number of nitrogens with zero attached hydrogens (tertiary/aromatic N) is 1. The van der Waals surface area contributed by atoms with Crippen molar-refractivity contribution in [2.45, 2.75) is 40.0 Å². The first kappa shape index (κ1) is 18.9. The number of aromatic nitrogens is 1. The Hall–Kier alpha value is -2.85. The van der Waals surface area contributed by atoms with Crippen LogP contribution in [-0.4, -0.2) is 4.98 Å². The van der Waals surface area contributed by atoms with Crippen LogP contribution >= 0.6 is 0 Å². The largest absolute Gasteiger partial charge is 0.397 e. The van der Waals surface area contributed by atoms with Gasteiger partial charge in [0.15, 0.2) is 0 Å². The number of hydrazine groups is 1. The first-order valence-electron chi connectivity index (χ1n) is 9.59. The van der Waals surface area contributed by atoms with E-state index in [0.717, 1.165) is 47.0 Å². The summed E-state index contributed by atoms with van der Waals surface area (Å²) in [7, 11) is 0. The van der Waals surface area contributed by atoms with Crippen LogP contribution in [0.25, 0.3) is 22.3 Å². The molecule has 1 heterocycles. The van der Waals surface area contributed by atoms with Crippen LogP contribution in [0.4, 0.5) is 0 Å². The molecule has 0 saturated heterocycles. The number of hydrogen-bond acceptors (Lipinski definition) is 4. The Kier molecular flexibility index (Phi) is 5.77. The van der Waals surface area contributed by atoms with Crippen molar-refractivity contribution >= 4 is 22.3 Å². The molecular weight excluding hydrogens is 332 g/mol. The lowest BCUT2D eigenvalue weighted by atomic mass is 9.91. The van der Waals surface area contributed by atoms with Crippen molar-refractivity contribution < 1.29 is 0 Å². The van der Waals surface area contributed by atoms with Crippen LogP contribution in [0, 0.1) is 0 Å². The van der Waals surface area contributed by atoms with Gasteiger partial charge in [-0.15, -0.1) is 0 Å². The Balaban J connectivity index is 2.16. The molecule has 4 nitrogen and oxygen atoms in total. The molecular formula is C23H28N4. The van der Waals surface area contributed by atoms with Crippen molar-refractivity contribution in [2.24, 2.45) is 11.6 Å². The number of nitrogens with one attached hydrogen (secondary N) is 1. The molecule has 0 saturated carbocycles. The maximum absolute atomic E-state index is 6.58. The van der Waals surface area contributed by atoms with Crippen molar-refractivity contribution in [2.75, 3.05) is 0 Å². The molecule has 27 heavy (non-hydrogen) atoms. The van der Waals surface area contributed by atoms with Gasteiger partial charge in [0, 0.05) is 22.7 Å². The molecule has 0 aliphatic carbocycles. The highest BCUT2D eigenvalue weighted by atomic mass is 15.2. The van der Waals surface area contributed by atoms with E-state index in [1.165, 1.54) is 16.7 Å². The topological polar surface area (TPSA) is 77.0 Å². The highest BCUT2D eigenvalue weighted by Gasteiger charge is 2.13. The van der Waals surface area contributed by atoms with Crippen LogP contribution in [-0.2, 0) is 19.3 Å². The molecule has 0 aliphatic rings. The fourth-order valence-electron chi connectivity index (χ4n) is 3.72. The zero-order valence-corrected chi connectivity index (χ0v) is 16.3. The van der Waals surface area contributed by atoms with Gasteiger partial charge in [0.05, 0.1) is 16.9 Å². The van der Waals surface area contributed by atoms with Crippen LogP contribution in [0.15, 0.2) is 48.7 Å². The summed E-state index contributed by atoms with van der Waals surface area (Å²) >= 11 is 0. The minimum atomic E-state index is 0.653. The van der Waals surface area contributed by atoms with Crippen molar-refractivity contribution in [3.8, 4) is 0 Å². The summed E-state index contributed by atoms with van der Waals surface area (Å²) < 4.78 is 0. The molecule has 0 fully saturated rings. The van der Waals surface area contributed by atoms with Crippen molar-refractivity contribution in [1.82, 2.24) is 10.4 Å². The molecule has 140 valence electrons. The smallest absolute Gasteiger partial charge is 0.0796 e. The summed E-state index contributed by atoms with van der Waals surface area (Å²) in [6, 6.07) is 14.4. The van der Waals surface area contributed by atoms with Gasteiger partial charge in [-0.2, -0.15) is 0 Å². The molecule has 0 spiro atoms. The summed E-state index contributed by atoms with van der Waals surface area (Å²) in [5.41, 5.74) is 17.8. The van der Waals surface area contributed by atoms with Crippen LogP contribution < -0.4 is 17.0 Å². The van der Waals surface area contributed by atoms with Crippen molar-refractivity contribution in [3.05, 3.63) is 76.5 Å². The van der Waals surface area contributed by atoms with Gasteiger partial charge in [0.2, 0.25) is 0 Å². The fraction of sp³-hybridized carbons (Fsp3) is 0.261. The van der Waals surface area contributed by atoms with E-state index in [4.69, 9.17) is 11.6 Å². The highest BCUT2D eigenvalue weighted by Crippen LogP contribution is 2.27. The molecule has 0 bridgehead atoms. The van der Waals surface area contributed by atoms with E-state index in [2.05, 4.69) is 43.3 Å². The van der Waals surface area contributed by atoms with Crippen LogP contribution in [0.5, 0.6) is 0 Å². The zero-order valence-electron chi connectivity index (χ0n) is 16.3. The summed E-state index contributed by atoms with van der Waals surface area (Å²) in [5.74, 6) is 5.88. The first-order valence-corrected chi connectivity index (χ1v) is 9.59. The number of benzene rings is 2. The molecule has 0 atom stereocenters. The summed E-state index contributed by atoms with van der Waals surface area (Å²) in [5, 5.41) is 1.09. The average Bonchev–Trinajstić information content (AvgIpc) is 2.72. The van der Waals surface area contributed by atoms with Crippen molar-refractivity contribution in [3.63, 3.8) is 0 Å². The fourth-order valence-corrected chi connectivity index (χ4v) is 3.72. The molecule has 5 N–H and O–H groups in total. The minimum absolute atomic E-state index is 0.653. The monoisotopic (exact) mass is 360 g/mol.